The smallest absolute Gasteiger partial charge is 0.264 e. The first-order chi connectivity index (χ1) is 21.0. The molecule has 3 aliphatic heterocycles. The number of fused-ring (bicyclic) bond motifs is 3. The Labute approximate surface area is 258 Å². The number of aliphatic hydroxyl groups excluding tert-OH is 1. The third-order valence-corrected chi connectivity index (χ3v) is 12.3. The maximum absolute atomic E-state index is 14.2. The number of para-hydroxylation sites is 1. The van der Waals surface area contributed by atoms with E-state index in [1.165, 1.54) is 4.90 Å². The highest BCUT2D eigenvalue weighted by molar-refractivity contribution is 6.71. The number of anilines is 3. The minimum absolute atomic E-state index is 0.0249. The summed E-state index contributed by atoms with van der Waals surface area (Å²) in [5.74, 6) is -0.886. The summed E-state index contributed by atoms with van der Waals surface area (Å²) in [7, 11) is -1.29. The number of amides is 3. The minimum atomic E-state index is -2.99. The third kappa shape index (κ3) is 4.77. The third-order valence-electron chi connectivity index (χ3n) is 9.78. The first-order valence-electron chi connectivity index (χ1n) is 15.1. The van der Waals surface area contributed by atoms with Gasteiger partial charge in [-0.3, -0.25) is 19.3 Å². The molecule has 1 saturated heterocycles. The molecule has 0 unspecified atom stereocenters. The van der Waals surface area contributed by atoms with Crippen molar-refractivity contribution in [2.45, 2.75) is 62.7 Å². The average molecular weight is 614 g/mol. The number of carbonyl (C=O) groups is 3. The molecular weight excluding hydrogens is 574 g/mol. The molecule has 44 heavy (non-hydrogen) atoms. The van der Waals surface area contributed by atoms with Crippen molar-refractivity contribution in [2.24, 2.45) is 5.92 Å². The molecule has 10 heteroatoms. The predicted octanol–water partition coefficient (Wildman–Crippen LogP) is 4.09. The van der Waals surface area contributed by atoms with Gasteiger partial charge in [-0.05, 0) is 61.0 Å². The second-order valence-corrected chi connectivity index (χ2v) is 16.7. The van der Waals surface area contributed by atoms with Gasteiger partial charge in [0.25, 0.3) is 5.91 Å². The van der Waals surface area contributed by atoms with E-state index in [1.54, 1.807) is 22.9 Å². The number of likely N-dealkylation sites (N-methyl/N-ethyl adjacent to an activating group) is 1. The van der Waals surface area contributed by atoms with Crippen molar-refractivity contribution in [2.75, 3.05) is 23.5 Å². The van der Waals surface area contributed by atoms with Crippen LogP contribution in [0.2, 0.25) is 18.6 Å². The largest absolute Gasteiger partial charge is 0.432 e. The average Bonchev–Trinajstić information content (AvgIpc) is 3.43. The van der Waals surface area contributed by atoms with Crippen LogP contribution in [0.4, 0.5) is 17.1 Å². The Balaban J connectivity index is 1.37. The molecule has 0 aromatic heterocycles. The van der Waals surface area contributed by atoms with E-state index in [0.29, 0.717) is 35.6 Å². The van der Waals surface area contributed by atoms with E-state index in [9.17, 15) is 24.3 Å². The maximum atomic E-state index is 14.2. The van der Waals surface area contributed by atoms with Gasteiger partial charge >= 0.3 is 0 Å². The molecule has 0 aliphatic carbocycles. The quantitative estimate of drug-likeness (QED) is 0.307. The van der Waals surface area contributed by atoms with Gasteiger partial charge in [-0.2, -0.15) is 0 Å². The van der Waals surface area contributed by atoms with Crippen molar-refractivity contribution in [1.82, 2.24) is 4.90 Å². The Kier molecular flexibility index (Phi) is 7.73. The van der Waals surface area contributed by atoms with E-state index in [1.807, 2.05) is 86.7 Å². The first-order valence-corrected chi connectivity index (χ1v) is 18.1. The van der Waals surface area contributed by atoms with Gasteiger partial charge in [-0.15, -0.1) is 0 Å². The zero-order valence-electron chi connectivity index (χ0n) is 25.5. The number of nitrogens with zero attached hydrogens (tertiary/aromatic N) is 3. The summed E-state index contributed by atoms with van der Waals surface area (Å²) in [6.45, 7) is 5.80. The predicted molar refractivity (Wildman–Crippen MR) is 170 cm³/mol. The summed E-state index contributed by atoms with van der Waals surface area (Å²) in [5, 5.41) is 10.2. The summed E-state index contributed by atoms with van der Waals surface area (Å²) in [4.78, 5) is 56.8. The van der Waals surface area contributed by atoms with Crippen molar-refractivity contribution in [3.8, 4) is 0 Å². The second-order valence-electron chi connectivity index (χ2n) is 12.8. The van der Waals surface area contributed by atoms with Crippen molar-refractivity contribution >= 4 is 43.6 Å². The molecule has 0 bridgehead atoms. The van der Waals surface area contributed by atoms with Crippen molar-refractivity contribution in [3.63, 3.8) is 0 Å². The summed E-state index contributed by atoms with van der Waals surface area (Å²) in [6, 6.07) is 22.3. The van der Waals surface area contributed by atoms with Crippen molar-refractivity contribution in [3.05, 3.63) is 89.5 Å². The van der Waals surface area contributed by atoms with Crippen LogP contribution in [0.25, 0.3) is 0 Å². The summed E-state index contributed by atoms with van der Waals surface area (Å²) in [5.41, 5.74) is 2.85. The monoisotopic (exact) mass is 613 g/mol. The normalized spacial score (nSPS) is 26.1. The van der Waals surface area contributed by atoms with Gasteiger partial charge in [0.1, 0.15) is 0 Å². The first kappa shape index (κ1) is 30.2. The van der Waals surface area contributed by atoms with Crippen molar-refractivity contribution < 1.29 is 29.0 Å². The van der Waals surface area contributed by atoms with Crippen LogP contribution in [-0.4, -0.2) is 67.1 Å². The standard InChI is InChI=1S/C34H39N3O6Si/c1-22-32(44(3,4)42)30(18-31(40)36-19-24-11-9-8-10-23(24)16-27(36)20-38)43-34(22)28-17-26(14-15-29(28)35(2)33(34)41)37(21-39)25-12-6-5-7-13-25/h5-15,17,21-22,27,30,32,38,42H,16,18-20H2,1-4H3/t22-,27-,30+,32-,34+/m0/s1. The van der Waals surface area contributed by atoms with E-state index in [0.717, 1.165) is 17.5 Å². The highest BCUT2D eigenvalue weighted by atomic mass is 28.4. The molecule has 3 aliphatic rings. The van der Waals surface area contributed by atoms with Gasteiger partial charge in [-0.1, -0.05) is 49.4 Å². The Morgan fingerprint density at radius 1 is 1.07 bits per heavy atom. The molecule has 1 fully saturated rings. The number of hydrogen-bond acceptors (Lipinski definition) is 6. The number of carbonyl (C=O) groups excluding carboxylic acids is 3. The lowest BCUT2D eigenvalue weighted by Crippen LogP contribution is -2.48. The topological polar surface area (TPSA) is 111 Å². The fraction of sp³-hybridized carbons (Fsp3) is 0.382. The van der Waals surface area contributed by atoms with Crippen LogP contribution in [-0.2, 0) is 37.7 Å². The van der Waals surface area contributed by atoms with Gasteiger partial charge in [0.05, 0.1) is 30.9 Å². The van der Waals surface area contributed by atoms with Gasteiger partial charge in [-0.25, -0.2) is 0 Å². The molecule has 3 aromatic carbocycles. The lowest BCUT2D eigenvalue weighted by atomic mass is 9.82. The second kappa shape index (κ2) is 11.3. The van der Waals surface area contributed by atoms with Gasteiger partial charge < -0.3 is 24.4 Å². The van der Waals surface area contributed by atoms with Gasteiger partial charge in [0, 0.05) is 42.0 Å². The lowest BCUT2D eigenvalue weighted by Gasteiger charge is -2.37. The molecule has 2 N–H and O–H groups in total. The van der Waals surface area contributed by atoms with Gasteiger partial charge in [0.2, 0.25) is 12.3 Å². The zero-order valence-corrected chi connectivity index (χ0v) is 26.5. The Hall–Kier alpha value is -3.83. The van der Waals surface area contributed by atoms with E-state index in [4.69, 9.17) is 4.74 Å². The van der Waals surface area contributed by atoms with Gasteiger partial charge in [0.15, 0.2) is 13.9 Å². The molecular formula is C34H39N3O6Si. The maximum Gasteiger partial charge on any atom is 0.264 e. The van der Waals surface area contributed by atoms with Crippen molar-refractivity contribution in [1.29, 1.82) is 0 Å². The molecule has 0 radical (unpaired) electrons. The van der Waals surface area contributed by atoms with E-state index in [2.05, 4.69) is 0 Å². The van der Waals surface area contributed by atoms with Crippen LogP contribution < -0.4 is 9.80 Å². The van der Waals surface area contributed by atoms with Crippen LogP contribution in [0, 0.1) is 5.92 Å². The number of ether oxygens (including phenoxy) is 1. The van der Waals surface area contributed by atoms with Crippen LogP contribution in [0.15, 0.2) is 72.8 Å². The van der Waals surface area contributed by atoms with E-state index in [-0.39, 0.29) is 30.9 Å². The fourth-order valence-electron chi connectivity index (χ4n) is 7.71. The highest BCUT2D eigenvalue weighted by Crippen LogP contribution is 2.60. The summed E-state index contributed by atoms with van der Waals surface area (Å²) in [6.07, 6.45) is 0.556. The molecule has 3 aromatic rings. The lowest BCUT2D eigenvalue weighted by molar-refractivity contribution is -0.150. The molecule has 3 heterocycles. The Morgan fingerprint density at radius 2 is 1.75 bits per heavy atom. The molecule has 9 nitrogen and oxygen atoms in total. The Bertz CT molecular complexity index is 1590. The van der Waals surface area contributed by atoms with Crippen LogP contribution in [0.1, 0.15) is 30.0 Å². The van der Waals surface area contributed by atoms with Crippen LogP contribution in [0.5, 0.6) is 0 Å². The molecule has 230 valence electrons. The highest BCUT2D eigenvalue weighted by Gasteiger charge is 2.66. The molecule has 5 atom stereocenters. The minimum Gasteiger partial charge on any atom is -0.432 e. The van der Waals surface area contributed by atoms with Crippen LogP contribution in [0.3, 0.4) is 0 Å². The Morgan fingerprint density at radius 3 is 2.41 bits per heavy atom. The number of benzene rings is 3. The number of rotatable bonds is 7. The molecule has 6 rings (SSSR count). The summed E-state index contributed by atoms with van der Waals surface area (Å²) >= 11 is 0. The molecule has 0 saturated carbocycles. The zero-order chi connectivity index (χ0) is 31.4. The van der Waals surface area contributed by atoms with E-state index >= 15 is 0 Å². The number of aliphatic hydroxyl groups is 1. The molecule has 3 amide bonds. The number of hydrogen-bond donors (Lipinski definition) is 2. The van der Waals surface area contributed by atoms with Crippen LogP contribution >= 0.6 is 0 Å². The fourth-order valence-corrected chi connectivity index (χ4v) is 10.3. The summed E-state index contributed by atoms with van der Waals surface area (Å²) < 4.78 is 6.81. The molecule has 1 spiro atoms. The van der Waals surface area contributed by atoms with E-state index < -0.39 is 31.5 Å². The SMILES string of the molecule is C[C@H]1[C@H]([Si](C)(C)O)[C@@H](CC(=O)N2Cc3ccccc3C[C@H]2CO)O[C@]12C(=O)N(C)c1ccc(N(C=O)c3ccccc3)cc12.